The molecule has 5 heteroatoms. The lowest BCUT2D eigenvalue weighted by atomic mass is 10.2. The van der Waals surface area contributed by atoms with Crippen LogP contribution in [0.25, 0.3) is 17.3 Å². The summed E-state index contributed by atoms with van der Waals surface area (Å²) in [7, 11) is 0. The predicted octanol–water partition coefficient (Wildman–Crippen LogP) is 4.30. The van der Waals surface area contributed by atoms with Crippen LogP contribution in [-0.4, -0.2) is 16.6 Å². The van der Waals surface area contributed by atoms with Crippen molar-refractivity contribution in [3.8, 4) is 11.3 Å². The topological polar surface area (TPSA) is 39.2 Å². The van der Waals surface area contributed by atoms with E-state index in [0.717, 1.165) is 11.3 Å². The van der Waals surface area contributed by atoms with Crippen LogP contribution in [0.5, 0.6) is 0 Å². The third-order valence-corrected chi connectivity index (χ3v) is 3.24. The minimum atomic E-state index is -0.510. The first kappa shape index (κ1) is 15.4. The number of nitrogens with zero attached hydrogens (tertiary/aromatic N) is 1. The van der Waals surface area contributed by atoms with Crippen molar-refractivity contribution in [1.29, 1.82) is 0 Å². The van der Waals surface area contributed by atoms with Crippen LogP contribution < -0.4 is 0 Å². The van der Waals surface area contributed by atoms with E-state index in [1.165, 1.54) is 29.5 Å². The van der Waals surface area contributed by atoms with Gasteiger partial charge in [-0.25, -0.2) is 14.2 Å². The average Bonchev–Trinajstić information content (AvgIpc) is 2.84. The molecule has 0 aliphatic rings. The second-order valence-electron chi connectivity index (χ2n) is 5.44. The van der Waals surface area contributed by atoms with E-state index in [-0.39, 0.29) is 5.82 Å². The Bertz CT molecular complexity index is 654. The maximum absolute atomic E-state index is 12.9. The van der Waals surface area contributed by atoms with Crippen molar-refractivity contribution >= 4 is 23.4 Å². The highest BCUT2D eigenvalue weighted by Crippen LogP contribution is 2.22. The highest BCUT2D eigenvalue weighted by atomic mass is 32.1. The van der Waals surface area contributed by atoms with E-state index >= 15 is 0 Å². The highest BCUT2D eigenvalue weighted by Gasteiger charge is 2.14. The summed E-state index contributed by atoms with van der Waals surface area (Å²) >= 11 is 1.41. The Kier molecular flexibility index (Phi) is 4.53. The van der Waals surface area contributed by atoms with E-state index < -0.39 is 11.6 Å². The number of carbonyl (C=O) groups excluding carboxylic acids is 1. The molecule has 0 radical (unpaired) electrons. The molecule has 0 bridgehead atoms. The number of rotatable bonds is 3. The smallest absolute Gasteiger partial charge is 0.331 e. The van der Waals surface area contributed by atoms with Gasteiger partial charge in [0.15, 0.2) is 0 Å². The number of thiazole rings is 1. The van der Waals surface area contributed by atoms with Crippen LogP contribution in [0.15, 0.2) is 35.7 Å². The van der Waals surface area contributed by atoms with Crippen LogP contribution in [0.3, 0.4) is 0 Å². The number of hydrogen-bond acceptors (Lipinski definition) is 4. The lowest BCUT2D eigenvalue weighted by Crippen LogP contribution is -2.22. The molecule has 0 saturated carbocycles. The van der Waals surface area contributed by atoms with Crippen molar-refractivity contribution in [2.75, 3.05) is 0 Å². The van der Waals surface area contributed by atoms with Gasteiger partial charge in [0.2, 0.25) is 0 Å². The van der Waals surface area contributed by atoms with E-state index in [1.807, 2.05) is 26.2 Å². The molecule has 110 valence electrons. The molecule has 0 amide bonds. The number of benzene rings is 1. The summed E-state index contributed by atoms with van der Waals surface area (Å²) in [6.07, 6.45) is 2.98. The fourth-order valence-corrected chi connectivity index (χ4v) is 2.31. The Balaban J connectivity index is 2.06. The SMILES string of the molecule is CC(C)(C)OC(=O)/C=C/c1nc(-c2ccc(F)cc2)cs1. The molecule has 0 spiro atoms. The quantitative estimate of drug-likeness (QED) is 0.627. The zero-order valence-electron chi connectivity index (χ0n) is 12.1. The molecule has 0 fully saturated rings. The van der Waals surface area contributed by atoms with Crippen molar-refractivity contribution in [3.05, 3.63) is 46.5 Å². The van der Waals surface area contributed by atoms with Crippen LogP contribution in [0.4, 0.5) is 4.39 Å². The second kappa shape index (κ2) is 6.18. The van der Waals surface area contributed by atoms with Gasteiger partial charge in [0.05, 0.1) is 5.69 Å². The van der Waals surface area contributed by atoms with E-state index in [4.69, 9.17) is 4.74 Å². The molecule has 0 N–H and O–H groups in total. The number of aromatic nitrogens is 1. The Hall–Kier alpha value is -2.01. The molecular formula is C16H16FNO2S. The molecule has 21 heavy (non-hydrogen) atoms. The van der Waals surface area contributed by atoms with Gasteiger partial charge in [-0.05, 0) is 51.1 Å². The number of hydrogen-bond donors (Lipinski definition) is 0. The molecule has 0 aliphatic carbocycles. The number of ether oxygens (including phenoxy) is 1. The van der Waals surface area contributed by atoms with E-state index in [1.54, 1.807) is 18.2 Å². The summed E-state index contributed by atoms with van der Waals surface area (Å²) in [5.41, 5.74) is 1.08. The van der Waals surface area contributed by atoms with Gasteiger partial charge in [0.1, 0.15) is 16.4 Å². The van der Waals surface area contributed by atoms with Gasteiger partial charge < -0.3 is 4.74 Å². The summed E-state index contributed by atoms with van der Waals surface area (Å²) in [6, 6.07) is 6.13. The Labute approximate surface area is 127 Å². The first-order valence-electron chi connectivity index (χ1n) is 6.46. The van der Waals surface area contributed by atoms with Gasteiger partial charge >= 0.3 is 5.97 Å². The summed E-state index contributed by atoms with van der Waals surface area (Å²) in [5.74, 6) is -0.681. The van der Waals surface area contributed by atoms with Gasteiger partial charge in [-0.2, -0.15) is 0 Å². The highest BCUT2D eigenvalue weighted by molar-refractivity contribution is 7.10. The molecule has 2 aromatic rings. The molecule has 3 nitrogen and oxygen atoms in total. The van der Waals surface area contributed by atoms with Crippen molar-refractivity contribution in [3.63, 3.8) is 0 Å². The van der Waals surface area contributed by atoms with E-state index in [9.17, 15) is 9.18 Å². The molecular weight excluding hydrogens is 289 g/mol. The molecule has 1 aromatic heterocycles. The van der Waals surface area contributed by atoms with Crippen LogP contribution in [0.2, 0.25) is 0 Å². The fourth-order valence-electron chi connectivity index (χ4n) is 1.59. The lowest BCUT2D eigenvalue weighted by Gasteiger charge is -2.17. The van der Waals surface area contributed by atoms with Gasteiger partial charge in [0.25, 0.3) is 0 Å². The minimum absolute atomic E-state index is 0.279. The van der Waals surface area contributed by atoms with Crippen molar-refractivity contribution < 1.29 is 13.9 Å². The zero-order valence-corrected chi connectivity index (χ0v) is 12.9. The summed E-state index contributed by atoms with van der Waals surface area (Å²) in [5, 5.41) is 2.56. The average molecular weight is 305 g/mol. The van der Waals surface area contributed by atoms with Gasteiger partial charge in [-0.1, -0.05) is 0 Å². The van der Waals surface area contributed by atoms with Crippen LogP contribution in [0, 0.1) is 5.82 Å². The number of esters is 1. The molecule has 1 heterocycles. The van der Waals surface area contributed by atoms with Crippen molar-refractivity contribution in [2.24, 2.45) is 0 Å². The third kappa shape index (κ3) is 4.79. The van der Waals surface area contributed by atoms with E-state index in [0.29, 0.717) is 5.01 Å². The Morgan fingerprint density at radius 1 is 1.29 bits per heavy atom. The third-order valence-electron chi connectivity index (χ3n) is 2.43. The van der Waals surface area contributed by atoms with Crippen LogP contribution in [0.1, 0.15) is 25.8 Å². The minimum Gasteiger partial charge on any atom is -0.457 e. The maximum atomic E-state index is 12.9. The largest absolute Gasteiger partial charge is 0.457 e. The van der Waals surface area contributed by atoms with Gasteiger partial charge in [-0.15, -0.1) is 11.3 Å². The molecule has 2 rings (SSSR count). The second-order valence-corrected chi connectivity index (χ2v) is 6.33. The monoisotopic (exact) mass is 305 g/mol. The van der Waals surface area contributed by atoms with Crippen molar-refractivity contribution in [2.45, 2.75) is 26.4 Å². The molecule has 0 atom stereocenters. The summed E-state index contributed by atoms with van der Waals surface area (Å²) < 4.78 is 18.0. The lowest BCUT2D eigenvalue weighted by molar-refractivity contribution is -0.148. The standard InChI is InChI=1S/C16H16FNO2S/c1-16(2,3)20-15(19)9-8-14-18-13(10-21-14)11-4-6-12(17)7-5-11/h4-10H,1-3H3/b9-8+. The first-order chi connectivity index (χ1) is 9.83. The molecule has 0 saturated heterocycles. The first-order valence-corrected chi connectivity index (χ1v) is 7.34. The zero-order chi connectivity index (χ0) is 15.5. The molecule has 0 aliphatic heterocycles. The number of halogens is 1. The van der Waals surface area contributed by atoms with Gasteiger partial charge in [-0.3, -0.25) is 0 Å². The summed E-state index contributed by atoms with van der Waals surface area (Å²) in [4.78, 5) is 16.0. The predicted molar refractivity (Wildman–Crippen MR) is 82.4 cm³/mol. The van der Waals surface area contributed by atoms with Crippen molar-refractivity contribution in [1.82, 2.24) is 4.98 Å². The van der Waals surface area contributed by atoms with E-state index in [2.05, 4.69) is 4.98 Å². The summed E-state index contributed by atoms with van der Waals surface area (Å²) in [6.45, 7) is 5.44. The normalized spacial score (nSPS) is 11.8. The fraction of sp³-hybridized carbons (Fsp3) is 0.250. The Morgan fingerprint density at radius 2 is 1.95 bits per heavy atom. The van der Waals surface area contributed by atoms with Gasteiger partial charge in [0, 0.05) is 17.0 Å². The Morgan fingerprint density at radius 3 is 2.57 bits per heavy atom. The van der Waals surface area contributed by atoms with Crippen LogP contribution in [-0.2, 0) is 9.53 Å². The molecule has 0 unspecified atom stereocenters. The number of carbonyl (C=O) groups is 1. The van der Waals surface area contributed by atoms with Crippen LogP contribution >= 0.6 is 11.3 Å². The molecule has 1 aromatic carbocycles. The maximum Gasteiger partial charge on any atom is 0.331 e.